The number of carbonyl (C=O) groups is 2. The Morgan fingerprint density at radius 1 is 1.03 bits per heavy atom. The molecule has 1 heterocycles. The maximum atomic E-state index is 12.7. The van der Waals surface area contributed by atoms with E-state index in [0.717, 1.165) is 28.9 Å². The summed E-state index contributed by atoms with van der Waals surface area (Å²) in [4.78, 5) is 25.8. The molecule has 1 aliphatic heterocycles. The molecule has 0 saturated carbocycles. The highest BCUT2D eigenvalue weighted by molar-refractivity contribution is 5.79. The van der Waals surface area contributed by atoms with Gasteiger partial charge in [0.05, 0.1) is 33.0 Å². The van der Waals surface area contributed by atoms with E-state index in [4.69, 9.17) is 14.2 Å². The molecule has 2 aromatic carbocycles. The van der Waals surface area contributed by atoms with Gasteiger partial charge in [0.15, 0.2) is 0 Å². The van der Waals surface area contributed by atoms with Crippen LogP contribution in [0, 0.1) is 5.92 Å². The van der Waals surface area contributed by atoms with Crippen LogP contribution in [0.15, 0.2) is 48.5 Å². The lowest BCUT2D eigenvalue weighted by molar-refractivity contribution is -0.129. The highest BCUT2D eigenvalue weighted by Crippen LogP contribution is 2.32. The van der Waals surface area contributed by atoms with Crippen molar-refractivity contribution < 1.29 is 23.8 Å². The molecule has 1 fully saturated rings. The molecule has 3 rings (SSSR count). The van der Waals surface area contributed by atoms with Crippen LogP contribution in [-0.2, 0) is 20.9 Å². The third kappa shape index (κ3) is 5.19. The van der Waals surface area contributed by atoms with Crippen LogP contribution < -0.4 is 9.47 Å². The van der Waals surface area contributed by atoms with Gasteiger partial charge in [-0.05, 0) is 42.3 Å². The van der Waals surface area contributed by atoms with E-state index in [-0.39, 0.29) is 30.4 Å². The van der Waals surface area contributed by atoms with Crippen molar-refractivity contribution in [3.8, 4) is 11.5 Å². The van der Waals surface area contributed by atoms with Crippen molar-refractivity contribution in [3.63, 3.8) is 0 Å². The average molecular weight is 411 g/mol. The Morgan fingerprint density at radius 2 is 1.63 bits per heavy atom. The smallest absolute Gasteiger partial charge is 0.223 e. The summed E-state index contributed by atoms with van der Waals surface area (Å²) in [6, 6.07) is 15.3. The van der Waals surface area contributed by atoms with E-state index in [9.17, 15) is 9.59 Å². The number of amides is 1. The fourth-order valence-corrected chi connectivity index (χ4v) is 3.86. The third-order valence-electron chi connectivity index (χ3n) is 5.73. The molecule has 6 heteroatoms. The SMILES string of the molecule is COc1ccc(COC(CC=O)C2CC(=O)N([C@H](C)c3ccc(OC)cc3)C2)cc1. The van der Waals surface area contributed by atoms with E-state index < -0.39 is 0 Å². The second-order valence-corrected chi connectivity index (χ2v) is 7.56. The molecular formula is C24H29NO5. The molecule has 6 nitrogen and oxygen atoms in total. The van der Waals surface area contributed by atoms with E-state index >= 15 is 0 Å². The highest BCUT2D eigenvalue weighted by Gasteiger charge is 2.37. The first-order valence-electron chi connectivity index (χ1n) is 10.2. The van der Waals surface area contributed by atoms with Gasteiger partial charge in [0.2, 0.25) is 5.91 Å². The molecule has 0 aliphatic carbocycles. The zero-order valence-electron chi connectivity index (χ0n) is 17.7. The zero-order chi connectivity index (χ0) is 21.5. The van der Waals surface area contributed by atoms with Crippen molar-refractivity contribution in [1.82, 2.24) is 4.90 Å². The fraction of sp³-hybridized carbons (Fsp3) is 0.417. The standard InChI is InChI=1S/C24H29NO5/c1-17(19-6-10-22(29-3)11-7-19)25-15-20(14-24(25)27)23(12-13-26)30-16-18-4-8-21(28-2)9-5-18/h4-11,13,17,20,23H,12,14-16H2,1-3H3/t17-,20?,23?/m1/s1. The van der Waals surface area contributed by atoms with Crippen molar-refractivity contribution in [2.75, 3.05) is 20.8 Å². The first-order chi connectivity index (χ1) is 14.5. The molecule has 3 atom stereocenters. The van der Waals surface area contributed by atoms with Gasteiger partial charge in [0, 0.05) is 25.3 Å². The van der Waals surface area contributed by atoms with Gasteiger partial charge in [0.1, 0.15) is 17.8 Å². The molecule has 30 heavy (non-hydrogen) atoms. The summed E-state index contributed by atoms with van der Waals surface area (Å²) in [5.74, 6) is 1.65. The Hall–Kier alpha value is -2.86. The maximum absolute atomic E-state index is 12.7. The first kappa shape index (κ1) is 21.8. The molecule has 0 spiro atoms. The molecule has 0 aromatic heterocycles. The Morgan fingerprint density at radius 3 is 2.20 bits per heavy atom. The van der Waals surface area contributed by atoms with Gasteiger partial charge in [-0.15, -0.1) is 0 Å². The van der Waals surface area contributed by atoms with E-state index in [1.807, 2.05) is 60.4 Å². The molecule has 0 radical (unpaired) electrons. The Bertz CT molecular complexity index is 834. The number of rotatable bonds is 10. The van der Waals surface area contributed by atoms with Crippen LogP contribution in [0.3, 0.4) is 0 Å². The summed E-state index contributed by atoms with van der Waals surface area (Å²) in [5.41, 5.74) is 2.05. The second kappa shape index (κ2) is 10.3. The summed E-state index contributed by atoms with van der Waals surface area (Å²) in [7, 11) is 3.26. The maximum Gasteiger partial charge on any atom is 0.223 e. The van der Waals surface area contributed by atoms with Gasteiger partial charge in [-0.25, -0.2) is 0 Å². The van der Waals surface area contributed by atoms with Crippen molar-refractivity contribution in [3.05, 3.63) is 59.7 Å². The number of nitrogens with zero attached hydrogens (tertiary/aromatic N) is 1. The predicted octanol–water partition coefficient (Wildman–Crippen LogP) is 3.79. The van der Waals surface area contributed by atoms with Crippen LogP contribution in [0.1, 0.15) is 36.9 Å². The molecule has 0 N–H and O–H groups in total. The van der Waals surface area contributed by atoms with Gasteiger partial charge in [-0.3, -0.25) is 4.79 Å². The normalized spacial score (nSPS) is 18.2. The van der Waals surface area contributed by atoms with Crippen LogP contribution in [0.4, 0.5) is 0 Å². The summed E-state index contributed by atoms with van der Waals surface area (Å²) < 4.78 is 16.5. The highest BCUT2D eigenvalue weighted by atomic mass is 16.5. The number of aldehydes is 1. The van der Waals surface area contributed by atoms with Crippen LogP contribution in [0.2, 0.25) is 0 Å². The monoisotopic (exact) mass is 411 g/mol. The van der Waals surface area contributed by atoms with Crippen LogP contribution in [0.5, 0.6) is 11.5 Å². The number of benzene rings is 2. The van der Waals surface area contributed by atoms with Gasteiger partial charge in [-0.2, -0.15) is 0 Å². The van der Waals surface area contributed by atoms with Gasteiger partial charge in [-0.1, -0.05) is 24.3 Å². The molecule has 2 unspecified atom stereocenters. The number of methoxy groups -OCH3 is 2. The zero-order valence-corrected chi connectivity index (χ0v) is 17.7. The lowest BCUT2D eigenvalue weighted by Crippen LogP contribution is -2.31. The van der Waals surface area contributed by atoms with E-state index in [1.165, 1.54) is 0 Å². The van der Waals surface area contributed by atoms with E-state index in [0.29, 0.717) is 19.6 Å². The lowest BCUT2D eigenvalue weighted by Gasteiger charge is -2.27. The molecule has 1 amide bonds. The summed E-state index contributed by atoms with van der Waals surface area (Å²) in [5, 5.41) is 0. The van der Waals surface area contributed by atoms with Crippen LogP contribution in [-0.4, -0.2) is 44.0 Å². The molecular weight excluding hydrogens is 382 g/mol. The third-order valence-corrected chi connectivity index (χ3v) is 5.73. The molecule has 1 aliphatic rings. The predicted molar refractivity (Wildman–Crippen MR) is 113 cm³/mol. The molecule has 160 valence electrons. The topological polar surface area (TPSA) is 65.1 Å². The van der Waals surface area contributed by atoms with Gasteiger partial charge < -0.3 is 23.9 Å². The van der Waals surface area contributed by atoms with Crippen molar-refractivity contribution in [2.45, 2.75) is 38.5 Å². The number of hydrogen-bond acceptors (Lipinski definition) is 5. The van der Waals surface area contributed by atoms with Gasteiger partial charge >= 0.3 is 0 Å². The number of likely N-dealkylation sites (tertiary alicyclic amines) is 1. The minimum Gasteiger partial charge on any atom is -0.497 e. The second-order valence-electron chi connectivity index (χ2n) is 7.56. The number of carbonyl (C=O) groups excluding carboxylic acids is 2. The average Bonchev–Trinajstić information content (AvgIpc) is 3.17. The Kier molecular flexibility index (Phi) is 7.46. The van der Waals surface area contributed by atoms with Crippen LogP contribution in [0.25, 0.3) is 0 Å². The van der Waals surface area contributed by atoms with Crippen LogP contribution >= 0.6 is 0 Å². The molecule has 2 aromatic rings. The Labute approximate surface area is 177 Å². The van der Waals surface area contributed by atoms with Gasteiger partial charge in [0.25, 0.3) is 0 Å². The number of hydrogen-bond donors (Lipinski definition) is 0. The number of ether oxygens (including phenoxy) is 3. The van der Waals surface area contributed by atoms with E-state index in [1.54, 1.807) is 14.2 Å². The summed E-state index contributed by atoms with van der Waals surface area (Å²) >= 11 is 0. The fourth-order valence-electron chi connectivity index (χ4n) is 3.86. The lowest BCUT2D eigenvalue weighted by atomic mass is 9.99. The summed E-state index contributed by atoms with van der Waals surface area (Å²) in [6.07, 6.45) is 1.25. The van der Waals surface area contributed by atoms with Crippen molar-refractivity contribution >= 4 is 12.2 Å². The first-order valence-corrected chi connectivity index (χ1v) is 10.2. The molecule has 1 saturated heterocycles. The molecule has 0 bridgehead atoms. The minimum absolute atomic E-state index is 0.0124. The largest absolute Gasteiger partial charge is 0.497 e. The Balaban J connectivity index is 1.63. The summed E-state index contributed by atoms with van der Waals surface area (Å²) in [6.45, 7) is 2.99. The van der Waals surface area contributed by atoms with E-state index in [2.05, 4.69) is 0 Å². The minimum atomic E-state index is -0.290. The quantitative estimate of drug-likeness (QED) is 0.557. The van der Waals surface area contributed by atoms with Crippen molar-refractivity contribution in [2.24, 2.45) is 5.92 Å². The van der Waals surface area contributed by atoms with Crippen molar-refractivity contribution in [1.29, 1.82) is 0 Å².